The van der Waals surface area contributed by atoms with Gasteiger partial charge in [0.25, 0.3) is 5.91 Å². The van der Waals surface area contributed by atoms with Gasteiger partial charge in [-0.25, -0.2) is 4.79 Å². The molecule has 0 radical (unpaired) electrons. The Morgan fingerprint density at radius 1 is 0.941 bits per heavy atom. The number of ether oxygens (including phenoxy) is 2. The highest BCUT2D eigenvalue weighted by Crippen LogP contribution is 2.32. The average Bonchev–Trinajstić information content (AvgIpc) is 2.83. The van der Waals surface area contributed by atoms with Gasteiger partial charge in [-0.1, -0.05) is 46.3 Å². The Morgan fingerprint density at radius 2 is 1.56 bits per heavy atom. The molecule has 0 spiro atoms. The molecule has 0 saturated heterocycles. The number of nitrogens with one attached hydrogen (secondary N) is 1. The molecule has 3 rings (SSSR count). The van der Waals surface area contributed by atoms with E-state index in [1.165, 1.54) is 32.4 Å². The lowest BCUT2D eigenvalue weighted by Gasteiger charge is -2.18. The molecule has 3 aromatic carbocycles. The Labute approximate surface area is 203 Å². The SMILES string of the molecule is COC(=O)C(Cc1ccc(Br)cc1)NC(=O)c1cc(-c2ccc(C(F)(F)F)cc2)ccc1OC. The van der Waals surface area contributed by atoms with E-state index >= 15 is 0 Å². The van der Waals surface area contributed by atoms with Crippen LogP contribution in [0, 0.1) is 0 Å². The molecule has 0 saturated carbocycles. The van der Waals surface area contributed by atoms with Gasteiger partial charge in [0.15, 0.2) is 0 Å². The number of hydrogen-bond donors (Lipinski definition) is 1. The van der Waals surface area contributed by atoms with Gasteiger partial charge in [-0.15, -0.1) is 0 Å². The van der Waals surface area contributed by atoms with Crippen LogP contribution in [0.3, 0.4) is 0 Å². The zero-order chi connectivity index (χ0) is 24.9. The van der Waals surface area contributed by atoms with Crippen molar-refractivity contribution in [2.24, 2.45) is 0 Å². The van der Waals surface area contributed by atoms with Crippen LogP contribution >= 0.6 is 15.9 Å². The lowest BCUT2D eigenvalue weighted by Crippen LogP contribution is -2.43. The molecule has 0 fully saturated rings. The van der Waals surface area contributed by atoms with Gasteiger partial charge < -0.3 is 14.8 Å². The van der Waals surface area contributed by atoms with Crippen molar-refractivity contribution in [2.75, 3.05) is 14.2 Å². The number of alkyl halides is 3. The van der Waals surface area contributed by atoms with Gasteiger partial charge in [0.05, 0.1) is 25.3 Å². The Balaban J connectivity index is 1.88. The normalized spacial score (nSPS) is 12.1. The number of benzene rings is 3. The zero-order valence-electron chi connectivity index (χ0n) is 18.3. The predicted octanol–water partition coefficient (Wildman–Crippen LogP) is 5.66. The van der Waals surface area contributed by atoms with E-state index < -0.39 is 29.7 Å². The van der Waals surface area contributed by atoms with Gasteiger partial charge in [-0.05, 0) is 53.1 Å². The summed E-state index contributed by atoms with van der Waals surface area (Å²) in [7, 11) is 2.62. The molecule has 0 heterocycles. The van der Waals surface area contributed by atoms with Crippen LogP contribution in [0.4, 0.5) is 13.2 Å². The quantitative estimate of drug-likeness (QED) is 0.396. The summed E-state index contributed by atoms with van der Waals surface area (Å²) in [5, 5.41) is 2.68. The first-order valence-electron chi connectivity index (χ1n) is 10.1. The highest BCUT2D eigenvalue weighted by molar-refractivity contribution is 9.10. The van der Waals surface area contributed by atoms with Crippen LogP contribution in [0.5, 0.6) is 5.75 Å². The van der Waals surface area contributed by atoms with Crippen molar-refractivity contribution in [3.63, 3.8) is 0 Å². The van der Waals surface area contributed by atoms with E-state index in [9.17, 15) is 22.8 Å². The maximum atomic E-state index is 13.1. The highest BCUT2D eigenvalue weighted by atomic mass is 79.9. The molecule has 0 bridgehead atoms. The van der Waals surface area contributed by atoms with Gasteiger partial charge in [-0.2, -0.15) is 13.2 Å². The van der Waals surface area contributed by atoms with E-state index in [4.69, 9.17) is 9.47 Å². The van der Waals surface area contributed by atoms with Crippen molar-refractivity contribution in [3.8, 4) is 16.9 Å². The predicted molar refractivity (Wildman–Crippen MR) is 125 cm³/mol. The Morgan fingerprint density at radius 3 is 2.12 bits per heavy atom. The molecule has 0 aliphatic rings. The summed E-state index contributed by atoms with van der Waals surface area (Å²) in [5.74, 6) is -0.951. The largest absolute Gasteiger partial charge is 0.496 e. The molecule has 0 aliphatic carbocycles. The fraction of sp³-hybridized carbons (Fsp3) is 0.200. The van der Waals surface area contributed by atoms with Crippen molar-refractivity contribution in [2.45, 2.75) is 18.6 Å². The maximum absolute atomic E-state index is 13.1. The molecule has 5 nitrogen and oxygen atoms in total. The first-order valence-corrected chi connectivity index (χ1v) is 10.9. The monoisotopic (exact) mass is 535 g/mol. The molecule has 1 amide bonds. The minimum absolute atomic E-state index is 0.129. The van der Waals surface area contributed by atoms with Crippen molar-refractivity contribution in [1.29, 1.82) is 0 Å². The first-order chi connectivity index (χ1) is 16.1. The maximum Gasteiger partial charge on any atom is 0.416 e. The third kappa shape index (κ3) is 6.17. The summed E-state index contributed by atoms with van der Waals surface area (Å²) in [6.45, 7) is 0. The van der Waals surface area contributed by atoms with Crippen LogP contribution in [0.15, 0.2) is 71.2 Å². The van der Waals surface area contributed by atoms with Crippen LogP contribution < -0.4 is 10.1 Å². The number of methoxy groups -OCH3 is 2. The van der Waals surface area contributed by atoms with E-state index in [1.54, 1.807) is 12.1 Å². The number of carbonyl (C=O) groups is 2. The number of esters is 1. The fourth-order valence-corrected chi connectivity index (χ4v) is 3.61. The highest BCUT2D eigenvalue weighted by Gasteiger charge is 2.30. The van der Waals surface area contributed by atoms with E-state index in [0.29, 0.717) is 11.1 Å². The molecule has 1 unspecified atom stereocenters. The van der Waals surface area contributed by atoms with E-state index in [-0.39, 0.29) is 17.7 Å². The second-order valence-electron chi connectivity index (χ2n) is 7.37. The molecule has 9 heteroatoms. The second-order valence-corrected chi connectivity index (χ2v) is 8.29. The molecule has 1 atom stereocenters. The van der Waals surface area contributed by atoms with Crippen LogP contribution in [-0.2, 0) is 22.1 Å². The molecule has 1 N–H and O–H groups in total. The van der Waals surface area contributed by atoms with Gasteiger partial charge in [-0.3, -0.25) is 4.79 Å². The molecular weight excluding hydrogens is 515 g/mol. The number of rotatable bonds is 7. The number of hydrogen-bond acceptors (Lipinski definition) is 4. The standard InChI is InChI=1S/C25H21BrF3NO4/c1-33-22-12-7-17(16-5-8-18(9-6-16)25(27,28)29)14-20(22)23(31)30-21(24(32)34-2)13-15-3-10-19(26)11-4-15/h3-12,14,21H,13H2,1-2H3,(H,30,31). The summed E-state index contributed by atoms with van der Waals surface area (Å²) < 4.78 is 49.6. The van der Waals surface area contributed by atoms with Crippen LogP contribution in [-0.4, -0.2) is 32.1 Å². The molecule has 34 heavy (non-hydrogen) atoms. The lowest BCUT2D eigenvalue weighted by atomic mass is 10.00. The molecule has 0 aliphatic heterocycles. The summed E-state index contributed by atoms with van der Waals surface area (Å²) in [6.07, 6.45) is -4.24. The second kappa shape index (κ2) is 10.7. The van der Waals surface area contributed by atoms with Crippen molar-refractivity contribution < 1.29 is 32.2 Å². The number of carbonyl (C=O) groups excluding carboxylic acids is 2. The average molecular weight is 536 g/mol. The van der Waals surface area contributed by atoms with Crippen LogP contribution in [0.2, 0.25) is 0 Å². The van der Waals surface area contributed by atoms with Gasteiger partial charge in [0.1, 0.15) is 11.8 Å². The van der Waals surface area contributed by atoms with Gasteiger partial charge in [0, 0.05) is 10.9 Å². The molecular formula is C25H21BrF3NO4. The van der Waals surface area contributed by atoms with E-state index in [0.717, 1.165) is 22.2 Å². The third-order valence-corrected chi connectivity index (χ3v) is 5.66. The van der Waals surface area contributed by atoms with E-state index in [1.807, 2.05) is 24.3 Å². The topological polar surface area (TPSA) is 64.6 Å². The van der Waals surface area contributed by atoms with Crippen LogP contribution in [0.1, 0.15) is 21.5 Å². The minimum Gasteiger partial charge on any atom is -0.496 e. The van der Waals surface area contributed by atoms with Crippen molar-refractivity contribution >= 4 is 27.8 Å². The van der Waals surface area contributed by atoms with Gasteiger partial charge >= 0.3 is 12.1 Å². The lowest BCUT2D eigenvalue weighted by molar-refractivity contribution is -0.143. The number of amides is 1. The molecule has 3 aromatic rings. The smallest absolute Gasteiger partial charge is 0.416 e. The van der Waals surface area contributed by atoms with Crippen LogP contribution in [0.25, 0.3) is 11.1 Å². The molecule has 178 valence electrons. The summed E-state index contributed by atoms with van der Waals surface area (Å²) in [4.78, 5) is 25.5. The summed E-state index contributed by atoms with van der Waals surface area (Å²) in [5.41, 5.74) is 1.18. The third-order valence-electron chi connectivity index (χ3n) is 5.13. The first kappa shape index (κ1) is 25.3. The van der Waals surface area contributed by atoms with Gasteiger partial charge in [0.2, 0.25) is 0 Å². The van der Waals surface area contributed by atoms with E-state index in [2.05, 4.69) is 21.2 Å². The summed E-state index contributed by atoms with van der Waals surface area (Å²) >= 11 is 3.35. The van der Waals surface area contributed by atoms with Crippen molar-refractivity contribution in [3.05, 3.63) is 87.9 Å². The minimum atomic E-state index is -4.44. The van der Waals surface area contributed by atoms with Crippen molar-refractivity contribution in [1.82, 2.24) is 5.32 Å². The summed E-state index contributed by atoms with van der Waals surface area (Å²) in [6, 6.07) is 15.6. The Kier molecular flexibility index (Phi) is 7.98. The molecule has 0 aromatic heterocycles. The Hall–Kier alpha value is -3.33. The Bertz CT molecular complexity index is 1160. The zero-order valence-corrected chi connectivity index (χ0v) is 19.9. The fourth-order valence-electron chi connectivity index (χ4n) is 3.34. The number of halogens is 4.